The van der Waals surface area contributed by atoms with Crippen molar-refractivity contribution in [1.82, 2.24) is 0 Å². The lowest BCUT2D eigenvalue weighted by Crippen LogP contribution is -2.02. The highest BCUT2D eigenvalue weighted by Crippen LogP contribution is 2.32. The fourth-order valence-electron chi connectivity index (χ4n) is 5.41. The Morgan fingerprint density at radius 2 is 0.605 bits per heavy atom. The van der Waals surface area contributed by atoms with Crippen molar-refractivity contribution in [3.05, 3.63) is 144 Å². The van der Waals surface area contributed by atoms with Gasteiger partial charge in [-0.1, -0.05) is 121 Å². The molecule has 2 atom stereocenters. The Kier molecular flexibility index (Phi) is 13.1. The van der Waals surface area contributed by atoms with Crippen LogP contribution in [0.5, 0.6) is 0 Å². The van der Waals surface area contributed by atoms with Crippen molar-refractivity contribution in [3.63, 3.8) is 0 Å². The SMILES string of the molecule is c1ccc(C(CCCPCCCCPCCCC(c2ccccc2)c2ccccc2)c2ccccc2)cc1. The second kappa shape index (κ2) is 17.4. The zero-order valence-corrected chi connectivity index (χ0v) is 24.8. The number of hydrogen-bond donors (Lipinski definition) is 0. The summed E-state index contributed by atoms with van der Waals surface area (Å²) in [5, 5.41) is 0. The van der Waals surface area contributed by atoms with Crippen LogP contribution in [0, 0.1) is 0 Å². The number of hydrogen-bond acceptors (Lipinski definition) is 0. The van der Waals surface area contributed by atoms with Gasteiger partial charge in [0.15, 0.2) is 0 Å². The van der Waals surface area contributed by atoms with Crippen LogP contribution in [0.1, 0.15) is 72.6 Å². The molecular formula is C36H44P2. The van der Waals surface area contributed by atoms with Gasteiger partial charge in [0.1, 0.15) is 0 Å². The fraction of sp³-hybridized carbons (Fsp3) is 0.333. The molecule has 0 bridgehead atoms. The van der Waals surface area contributed by atoms with Crippen molar-refractivity contribution in [2.45, 2.75) is 50.4 Å². The van der Waals surface area contributed by atoms with Gasteiger partial charge in [-0.2, -0.15) is 0 Å². The first-order valence-electron chi connectivity index (χ1n) is 14.5. The molecule has 4 rings (SSSR count). The number of rotatable bonds is 17. The maximum atomic E-state index is 2.30. The minimum Gasteiger partial charge on any atom is -0.122 e. The Morgan fingerprint density at radius 1 is 0.342 bits per heavy atom. The Morgan fingerprint density at radius 3 is 0.895 bits per heavy atom. The molecule has 0 aliphatic rings. The third-order valence-electron chi connectivity index (χ3n) is 7.46. The van der Waals surface area contributed by atoms with Gasteiger partial charge in [-0.15, -0.1) is 17.2 Å². The summed E-state index contributed by atoms with van der Waals surface area (Å²) in [6, 6.07) is 44.3. The molecule has 0 amide bonds. The standard InChI is InChI=1S/C36H44P2/c1-5-17-31(18-6-1)35(32-19-7-2-8-20-32)25-15-29-37-27-13-14-28-38-30-16-26-36(33-21-9-3-10-22-33)34-23-11-4-12-24-34/h1-12,17-24,35-38H,13-16,25-30H2. The van der Waals surface area contributed by atoms with Crippen molar-refractivity contribution in [2.75, 3.05) is 24.6 Å². The Hall–Kier alpha value is -2.26. The zero-order chi connectivity index (χ0) is 26.1. The lowest BCUT2D eigenvalue weighted by molar-refractivity contribution is 0.701. The molecule has 0 aliphatic heterocycles. The number of unbranched alkanes of at least 4 members (excludes halogenated alkanes) is 1. The van der Waals surface area contributed by atoms with E-state index in [9.17, 15) is 0 Å². The van der Waals surface area contributed by atoms with E-state index in [1.807, 2.05) is 0 Å². The van der Waals surface area contributed by atoms with E-state index >= 15 is 0 Å². The van der Waals surface area contributed by atoms with E-state index in [-0.39, 0.29) is 0 Å². The van der Waals surface area contributed by atoms with Crippen LogP contribution >= 0.6 is 17.2 Å². The van der Waals surface area contributed by atoms with E-state index in [1.165, 1.54) is 85.4 Å². The van der Waals surface area contributed by atoms with Crippen molar-refractivity contribution in [1.29, 1.82) is 0 Å². The van der Waals surface area contributed by atoms with Crippen LogP contribution in [0.25, 0.3) is 0 Å². The van der Waals surface area contributed by atoms with Gasteiger partial charge < -0.3 is 0 Å². The third kappa shape index (κ3) is 9.80. The van der Waals surface area contributed by atoms with Gasteiger partial charge in [0.25, 0.3) is 0 Å². The molecule has 0 fully saturated rings. The Balaban J connectivity index is 1.07. The molecule has 4 aromatic rings. The fourth-order valence-corrected chi connectivity index (χ4v) is 7.81. The zero-order valence-electron chi connectivity index (χ0n) is 22.8. The molecule has 0 saturated heterocycles. The van der Waals surface area contributed by atoms with E-state index in [1.54, 1.807) is 0 Å². The summed E-state index contributed by atoms with van der Waals surface area (Å²) < 4.78 is 0. The van der Waals surface area contributed by atoms with Crippen LogP contribution in [-0.2, 0) is 0 Å². The molecule has 0 nitrogen and oxygen atoms in total. The Labute approximate surface area is 235 Å². The summed E-state index contributed by atoms with van der Waals surface area (Å²) in [5.74, 6) is 1.07. The molecule has 0 N–H and O–H groups in total. The van der Waals surface area contributed by atoms with Crippen LogP contribution in [0.2, 0.25) is 0 Å². The average molecular weight is 539 g/mol. The van der Waals surface area contributed by atoms with Crippen LogP contribution in [-0.4, -0.2) is 24.6 Å². The van der Waals surface area contributed by atoms with Gasteiger partial charge >= 0.3 is 0 Å². The Bertz CT molecular complexity index is 941. The van der Waals surface area contributed by atoms with Gasteiger partial charge in [0.2, 0.25) is 0 Å². The van der Waals surface area contributed by atoms with Gasteiger partial charge in [-0.3, -0.25) is 0 Å². The average Bonchev–Trinajstić information content (AvgIpc) is 2.99. The maximum absolute atomic E-state index is 2.30. The summed E-state index contributed by atoms with van der Waals surface area (Å²) in [6.45, 7) is 0. The monoisotopic (exact) mass is 538 g/mol. The molecule has 198 valence electrons. The molecule has 0 aromatic heterocycles. The molecule has 0 heterocycles. The quantitative estimate of drug-likeness (QED) is 0.0926. The van der Waals surface area contributed by atoms with Gasteiger partial charge in [0.05, 0.1) is 0 Å². The topological polar surface area (TPSA) is 0 Å². The summed E-state index contributed by atoms with van der Waals surface area (Å²) in [6.07, 6.45) is 13.7. The van der Waals surface area contributed by atoms with Crippen LogP contribution in [0.4, 0.5) is 0 Å². The van der Waals surface area contributed by atoms with E-state index in [4.69, 9.17) is 0 Å². The predicted molar refractivity (Wildman–Crippen MR) is 173 cm³/mol. The first-order valence-corrected chi connectivity index (χ1v) is 17.4. The molecular weight excluding hydrogens is 494 g/mol. The van der Waals surface area contributed by atoms with E-state index < -0.39 is 0 Å². The molecule has 38 heavy (non-hydrogen) atoms. The van der Waals surface area contributed by atoms with Gasteiger partial charge in [-0.25, -0.2) is 0 Å². The second-order valence-corrected chi connectivity index (χ2v) is 13.2. The lowest BCUT2D eigenvalue weighted by atomic mass is 9.88. The molecule has 0 radical (unpaired) electrons. The van der Waals surface area contributed by atoms with E-state index in [0.29, 0.717) is 11.8 Å². The maximum Gasteiger partial charge on any atom is 0.00894 e. The number of benzene rings is 4. The molecule has 2 heteroatoms. The molecule has 0 saturated carbocycles. The smallest absolute Gasteiger partial charge is 0.00894 e. The van der Waals surface area contributed by atoms with E-state index in [2.05, 4.69) is 121 Å². The van der Waals surface area contributed by atoms with Crippen LogP contribution in [0.3, 0.4) is 0 Å². The third-order valence-corrected chi connectivity index (χ3v) is 10.3. The first kappa shape index (κ1) is 28.7. The summed E-state index contributed by atoms with van der Waals surface area (Å²) >= 11 is 0. The summed E-state index contributed by atoms with van der Waals surface area (Å²) in [4.78, 5) is 0. The van der Waals surface area contributed by atoms with Crippen molar-refractivity contribution in [3.8, 4) is 0 Å². The van der Waals surface area contributed by atoms with E-state index in [0.717, 1.165) is 17.2 Å². The van der Waals surface area contributed by atoms with Crippen molar-refractivity contribution >= 4 is 17.2 Å². The second-order valence-electron chi connectivity index (χ2n) is 10.2. The molecule has 0 aliphatic carbocycles. The highest BCUT2D eigenvalue weighted by atomic mass is 31.1. The van der Waals surface area contributed by atoms with Crippen molar-refractivity contribution < 1.29 is 0 Å². The normalized spacial score (nSPS) is 11.9. The minimum atomic E-state index is 0.534. The lowest BCUT2D eigenvalue weighted by Gasteiger charge is -2.18. The summed E-state index contributed by atoms with van der Waals surface area (Å²) in [5.41, 5.74) is 5.84. The van der Waals surface area contributed by atoms with Crippen LogP contribution < -0.4 is 0 Å². The summed E-state index contributed by atoms with van der Waals surface area (Å²) in [7, 11) is 2.25. The van der Waals surface area contributed by atoms with Gasteiger partial charge in [-0.05, 0) is 85.4 Å². The molecule has 2 unspecified atom stereocenters. The minimum absolute atomic E-state index is 0.534. The van der Waals surface area contributed by atoms with Crippen molar-refractivity contribution in [2.24, 2.45) is 0 Å². The largest absolute Gasteiger partial charge is 0.122 e. The molecule has 4 aromatic carbocycles. The van der Waals surface area contributed by atoms with Crippen LogP contribution in [0.15, 0.2) is 121 Å². The highest BCUT2D eigenvalue weighted by molar-refractivity contribution is 7.38. The predicted octanol–water partition coefficient (Wildman–Crippen LogP) is 10.3. The molecule has 0 spiro atoms. The highest BCUT2D eigenvalue weighted by Gasteiger charge is 2.14. The first-order chi connectivity index (χ1) is 18.9. The van der Waals surface area contributed by atoms with Gasteiger partial charge in [0, 0.05) is 11.8 Å².